The number of nitrogens with one attached hydrogen (secondary N) is 1. The Balaban J connectivity index is 2.25. The Morgan fingerprint density at radius 1 is 1.03 bits per heavy atom. The molecule has 176 valence electrons. The molecule has 0 saturated heterocycles. The summed E-state index contributed by atoms with van der Waals surface area (Å²) >= 11 is 6.16. The van der Waals surface area contributed by atoms with Gasteiger partial charge in [-0.1, -0.05) is 23.7 Å². The van der Waals surface area contributed by atoms with Gasteiger partial charge in [0.25, 0.3) is 0 Å². The summed E-state index contributed by atoms with van der Waals surface area (Å²) in [7, 11) is 0. The zero-order valence-corrected chi connectivity index (χ0v) is 21.1. The first kappa shape index (κ1) is 25.0. The maximum absolute atomic E-state index is 12.6. The summed E-state index contributed by atoms with van der Waals surface area (Å²) < 4.78 is 12.2. The lowest BCUT2D eigenvalue weighted by Crippen LogP contribution is -2.30. The van der Waals surface area contributed by atoms with Crippen molar-refractivity contribution in [2.45, 2.75) is 60.2 Å². The van der Waals surface area contributed by atoms with Crippen molar-refractivity contribution in [3.05, 3.63) is 69.0 Å². The Bertz CT molecular complexity index is 1210. The number of aryl methyl sites for hydroxylation is 1. The van der Waals surface area contributed by atoms with E-state index in [2.05, 4.69) is 4.98 Å². The van der Waals surface area contributed by atoms with Crippen LogP contribution < -0.4 is 5.56 Å². The number of ether oxygens (including phenoxy) is 2. The molecule has 0 radical (unpaired) electrons. The van der Waals surface area contributed by atoms with Gasteiger partial charge in [0.2, 0.25) is 5.56 Å². The van der Waals surface area contributed by atoms with Crippen LogP contribution in [-0.4, -0.2) is 23.2 Å². The molecule has 0 aliphatic heterocycles. The van der Waals surface area contributed by atoms with Crippen LogP contribution in [0.1, 0.15) is 58.8 Å². The number of esters is 1. The molecule has 6 heteroatoms. The first-order valence-corrected chi connectivity index (χ1v) is 11.4. The highest BCUT2D eigenvalue weighted by Crippen LogP contribution is 2.40. The van der Waals surface area contributed by atoms with Gasteiger partial charge in [-0.05, 0) is 95.0 Å². The number of aromatic amines is 1. The van der Waals surface area contributed by atoms with E-state index in [4.69, 9.17) is 21.1 Å². The number of halogens is 1. The quantitative estimate of drug-likeness (QED) is 0.427. The van der Waals surface area contributed by atoms with E-state index in [1.54, 1.807) is 0 Å². The second kappa shape index (κ2) is 9.32. The number of aromatic nitrogens is 1. The molecule has 0 saturated carbocycles. The van der Waals surface area contributed by atoms with Crippen molar-refractivity contribution >= 4 is 28.5 Å². The van der Waals surface area contributed by atoms with Crippen molar-refractivity contribution < 1.29 is 14.3 Å². The van der Waals surface area contributed by atoms with Gasteiger partial charge in [0, 0.05) is 22.0 Å². The molecule has 0 aliphatic carbocycles. The van der Waals surface area contributed by atoms with E-state index in [0.717, 1.165) is 33.2 Å². The Morgan fingerprint density at radius 2 is 1.67 bits per heavy atom. The summed E-state index contributed by atoms with van der Waals surface area (Å²) in [5.41, 5.74) is 3.14. The third-order valence-electron chi connectivity index (χ3n) is 5.20. The van der Waals surface area contributed by atoms with E-state index < -0.39 is 17.1 Å². The van der Waals surface area contributed by atoms with Crippen molar-refractivity contribution in [1.82, 2.24) is 4.98 Å². The van der Waals surface area contributed by atoms with E-state index in [1.165, 1.54) is 6.07 Å². The van der Waals surface area contributed by atoms with Gasteiger partial charge in [-0.3, -0.25) is 9.59 Å². The van der Waals surface area contributed by atoms with E-state index in [-0.39, 0.29) is 18.1 Å². The van der Waals surface area contributed by atoms with Crippen LogP contribution >= 0.6 is 11.6 Å². The molecule has 5 nitrogen and oxygen atoms in total. The molecule has 1 atom stereocenters. The normalized spacial score (nSPS) is 13.2. The fraction of sp³-hybridized carbons (Fsp3) is 0.407. The lowest BCUT2D eigenvalue weighted by molar-refractivity contribution is -0.162. The largest absolute Gasteiger partial charge is 0.462 e. The third-order valence-corrected chi connectivity index (χ3v) is 5.45. The van der Waals surface area contributed by atoms with Crippen LogP contribution in [0, 0.1) is 12.3 Å². The first-order chi connectivity index (χ1) is 15.3. The molecule has 1 aromatic heterocycles. The van der Waals surface area contributed by atoms with Gasteiger partial charge in [0.1, 0.15) is 12.7 Å². The number of carbonyl (C=O) groups is 1. The lowest BCUT2D eigenvalue weighted by Gasteiger charge is -2.31. The van der Waals surface area contributed by atoms with Gasteiger partial charge >= 0.3 is 5.97 Å². The lowest BCUT2D eigenvalue weighted by atomic mass is 9.88. The molecule has 33 heavy (non-hydrogen) atoms. The number of hydrogen-bond donors (Lipinski definition) is 1. The van der Waals surface area contributed by atoms with E-state index in [1.807, 2.05) is 84.9 Å². The van der Waals surface area contributed by atoms with Gasteiger partial charge in [-0.15, -0.1) is 0 Å². The minimum atomic E-state index is -0.622. The van der Waals surface area contributed by atoms with Crippen LogP contribution in [0.4, 0.5) is 0 Å². The van der Waals surface area contributed by atoms with Gasteiger partial charge in [-0.25, -0.2) is 0 Å². The van der Waals surface area contributed by atoms with Crippen LogP contribution in [0.2, 0.25) is 5.02 Å². The second-order valence-electron chi connectivity index (χ2n) is 10.3. The number of fused-ring (bicyclic) bond motifs is 1. The predicted octanol–water partition coefficient (Wildman–Crippen LogP) is 6.60. The topological polar surface area (TPSA) is 68.4 Å². The molecule has 2 aromatic carbocycles. The van der Waals surface area contributed by atoms with Crippen LogP contribution in [0.3, 0.4) is 0 Å². The maximum atomic E-state index is 12.6. The minimum Gasteiger partial charge on any atom is -0.462 e. The molecule has 1 unspecified atom stereocenters. The Labute approximate surface area is 200 Å². The summed E-state index contributed by atoms with van der Waals surface area (Å²) in [6.45, 7) is 13.4. The average molecular weight is 470 g/mol. The molecular formula is C27H32ClNO4. The minimum absolute atomic E-state index is 0.0731. The number of carbonyl (C=O) groups excluding carboxylic acids is 1. The zero-order valence-electron chi connectivity index (χ0n) is 20.3. The van der Waals surface area contributed by atoms with Crippen molar-refractivity contribution in [2.24, 2.45) is 5.41 Å². The SMILES string of the molecule is Cc1cc2[nH]c(=O)ccc2c(-c2ccc(Cl)cc2)c1C(COC(=O)C(C)(C)C)OC(C)(C)C. The summed E-state index contributed by atoms with van der Waals surface area (Å²) in [6.07, 6.45) is -0.515. The molecule has 0 spiro atoms. The predicted molar refractivity (Wildman–Crippen MR) is 134 cm³/mol. The van der Waals surface area contributed by atoms with E-state index in [9.17, 15) is 9.59 Å². The summed E-state index contributed by atoms with van der Waals surface area (Å²) in [4.78, 5) is 27.5. The fourth-order valence-corrected chi connectivity index (χ4v) is 3.90. The number of hydrogen-bond acceptors (Lipinski definition) is 4. The van der Waals surface area contributed by atoms with Gasteiger partial charge in [-0.2, -0.15) is 0 Å². The number of benzene rings is 2. The Morgan fingerprint density at radius 3 is 2.24 bits per heavy atom. The Hall–Kier alpha value is -2.63. The van der Waals surface area contributed by atoms with Crippen molar-refractivity contribution in [2.75, 3.05) is 6.61 Å². The monoisotopic (exact) mass is 469 g/mol. The highest BCUT2D eigenvalue weighted by Gasteiger charge is 2.30. The maximum Gasteiger partial charge on any atom is 0.311 e. The highest BCUT2D eigenvalue weighted by molar-refractivity contribution is 6.30. The van der Waals surface area contributed by atoms with E-state index >= 15 is 0 Å². The van der Waals surface area contributed by atoms with Gasteiger partial charge < -0.3 is 14.5 Å². The first-order valence-electron chi connectivity index (χ1n) is 11.0. The Kier molecular flexibility index (Phi) is 7.06. The van der Waals surface area contributed by atoms with Crippen molar-refractivity contribution in [3.8, 4) is 11.1 Å². The van der Waals surface area contributed by atoms with Crippen LogP contribution in [-0.2, 0) is 14.3 Å². The summed E-state index contributed by atoms with van der Waals surface area (Å²) in [6, 6.07) is 12.8. The summed E-state index contributed by atoms with van der Waals surface area (Å²) in [5, 5.41) is 1.51. The molecule has 3 rings (SSSR count). The molecule has 0 bridgehead atoms. The van der Waals surface area contributed by atoms with Gasteiger partial charge in [0.05, 0.1) is 11.0 Å². The van der Waals surface area contributed by atoms with Crippen LogP contribution in [0.25, 0.3) is 22.0 Å². The molecule has 3 aromatic rings. The smallest absolute Gasteiger partial charge is 0.311 e. The average Bonchev–Trinajstić information content (AvgIpc) is 2.69. The van der Waals surface area contributed by atoms with Gasteiger partial charge in [0.15, 0.2) is 0 Å². The van der Waals surface area contributed by atoms with Crippen LogP contribution in [0.15, 0.2) is 47.3 Å². The fourth-order valence-electron chi connectivity index (χ4n) is 3.77. The number of pyridine rings is 1. The zero-order chi connectivity index (χ0) is 24.6. The number of rotatable bonds is 5. The second-order valence-corrected chi connectivity index (χ2v) is 10.8. The van der Waals surface area contributed by atoms with Crippen LogP contribution in [0.5, 0.6) is 0 Å². The standard InChI is InChI=1S/C27H32ClNO4/c1-16-14-20-19(12-13-22(30)29-20)24(17-8-10-18(28)11-9-17)23(16)21(33-27(5,6)7)15-32-25(31)26(2,3)4/h8-14,21H,15H2,1-7H3,(H,29,30). The highest BCUT2D eigenvalue weighted by atomic mass is 35.5. The van der Waals surface area contributed by atoms with E-state index in [0.29, 0.717) is 5.02 Å². The third kappa shape index (κ3) is 6.04. The molecule has 0 amide bonds. The molecule has 0 fully saturated rings. The van der Waals surface area contributed by atoms with Crippen molar-refractivity contribution in [3.63, 3.8) is 0 Å². The van der Waals surface area contributed by atoms with Crippen molar-refractivity contribution in [1.29, 1.82) is 0 Å². The molecule has 1 heterocycles. The summed E-state index contributed by atoms with van der Waals surface area (Å²) in [5.74, 6) is -0.291. The molecule has 1 N–H and O–H groups in total. The molecular weight excluding hydrogens is 438 g/mol. The molecule has 0 aliphatic rings. The number of H-pyrrole nitrogens is 1.